The van der Waals surface area contributed by atoms with Gasteiger partial charge in [0.1, 0.15) is 0 Å². The van der Waals surface area contributed by atoms with E-state index in [9.17, 15) is 14.4 Å². The van der Waals surface area contributed by atoms with Crippen LogP contribution >= 0.6 is 7.60 Å². The summed E-state index contributed by atoms with van der Waals surface area (Å²) in [5.74, 6) is 0. The average molecular weight is 238 g/mol. The van der Waals surface area contributed by atoms with Gasteiger partial charge in [0.15, 0.2) is 0 Å². The monoisotopic (exact) mass is 238 g/mol. The Balaban J connectivity index is -0.000000125. The van der Waals surface area contributed by atoms with Gasteiger partial charge in [-0.15, -0.1) is 0 Å². The van der Waals surface area contributed by atoms with Crippen LogP contribution in [0.3, 0.4) is 0 Å². The van der Waals surface area contributed by atoms with Gasteiger partial charge >= 0.3 is 59.1 Å². The Bertz CT molecular complexity index is 262. The Morgan fingerprint density at radius 1 is 0.929 bits per heavy atom. The molecule has 0 atom stereocenters. The fraction of sp³-hybridized carbons (Fsp3) is 0. The smallest absolute Gasteiger partial charge is 0.807 e. The van der Waals surface area contributed by atoms with E-state index in [4.69, 9.17) is 0 Å². The fourth-order valence-electron chi connectivity index (χ4n) is 0.611. The molecule has 1 aromatic rings. The molecule has 0 fully saturated rings. The summed E-state index contributed by atoms with van der Waals surface area (Å²) in [7, 11) is -4.52. The molecule has 1 aromatic carbocycles. The van der Waals surface area contributed by atoms with Crippen LogP contribution < -0.4 is 74.2 Å². The molecule has 1 rings (SSSR count). The number of hydrogen-bond acceptors (Lipinski definition) is 3. The molecule has 0 heterocycles. The molecule has 5 nitrogen and oxygen atoms in total. The van der Waals surface area contributed by atoms with Gasteiger partial charge in [-0.25, -0.2) is 0 Å². The molecule has 0 aliphatic heterocycles. The third kappa shape index (κ3) is 8.59. The number of benzene rings is 1. The normalized spacial score (nSPS) is 8.14. The Morgan fingerprint density at radius 3 is 1.50 bits per heavy atom. The van der Waals surface area contributed by atoms with Crippen LogP contribution in [0.25, 0.3) is 0 Å². The van der Waals surface area contributed by atoms with Gasteiger partial charge in [-0.1, -0.05) is 30.3 Å². The minimum atomic E-state index is -4.52. The standard InChI is InChI=1S/C6H7O3P.2Na.2H2O/c7-10(8,9)6-4-2-1-3-5-6;;;;/h1-5H,(H2,7,8,9);;;2*1H2/q;2*+1;;/p-2. The second-order valence-corrected chi connectivity index (χ2v) is 3.34. The Kier molecular flexibility index (Phi) is 18.9. The number of hydrogen-bond donors (Lipinski definition) is 0. The average Bonchev–Trinajstić information content (AvgIpc) is 1.88. The molecule has 0 spiro atoms. The van der Waals surface area contributed by atoms with Gasteiger partial charge in [0.2, 0.25) is 0 Å². The largest absolute Gasteiger partial charge is 1.00 e. The van der Waals surface area contributed by atoms with Crippen molar-refractivity contribution in [2.24, 2.45) is 0 Å². The van der Waals surface area contributed by atoms with Crippen molar-refractivity contribution in [3.8, 4) is 0 Å². The van der Waals surface area contributed by atoms with Crippen molar-refractivity contribution in [2.45, 2.75) is 0 Å². The predicted octanol–water partition coefficient (Wildman–Crippen LogP) is -8.42. The maximum atomic E-state index is 10.3. The summed E-state index contributed by atoms with van der Waals surface area (Å²) < 4.78 is 10.3. The zero-order valence-corrected chi connectivity index (χ0v) is 13.0. The predicted molar refractivity (Wildman–Crippen MR) is 40.9 cm³/mol. The molecule has 0 aromatic heterocycles. The van der Waals surface area contributed by atoms with Crippen molar-refractivity contribution < 1.29 is 84.4 Å². The van der Waals surface area contributed by atoms with Gasteiger partial charge in [0.25, 0.3) is 0 Å². The molecule has 0 aliphatic rings. The Labute approximate surface area is 126 Å². The molecule has 8 heteroatoms. The van der Waals surface area contributed by atoms with Crippen molar-refractivity contribution in [3.63, 3.8) is 0 Å². The van der Waals surface area contributed by atoms with Crippen LogP contribution in [-0.2, 0) is 4.57 Å². The van der Waals surface area contributed by atoms with Crippen LogP contribution in [-0.4, -0.2) is 11.0 Å². The quantitative estimate of drug-likeness (QED) is 0.356. The minimum Gasteiger partial charge on any atom is -0.807 e. The first-order valence-corrected chi connectivity index (χ1v) is 4.22. The van der Waals surface area contributed by atoms with Gasteiger partial charge < -0.3 is 25.3 Å². The first-order valence-electron chi connectivity index (χ1n) is 2.68. The van der Waals surface area contributed by atoms with E-state index in [2.05, 4.69) is 0 Å². The van der Waals surface area contributed by atoms with E-state index in [-0.39, 0.29) is 75.4 Å². The van der Waals surface area contributed by atoms with Gasteiger partial charge in [-0.2, -0.15) is 0 Å². The Morgan fingerprint density at radius 2 is 1.29 bits per heavy atom. The third-order valence-electron chi connectivity index (χ3n) is 1.07. The van der Waals surface area contributed by atoms with E-state index in [0.717, 1.165) is 0 Å². The van der Waals surface area contributed by atoms with E-state index in [0.29, 0.717) is 0 Å². The molecule has 0 saturated heterocycles. The summed E-state index contributed by atoms with van der Waals surface area (Å²) in [6.45, 7) is 0. The summed E-state index contributed by atoms with van der Waals surface area (Å²) in [5, 5.41) is -0.157. The molecular formula is C6H9Na2O5P. The van der Waals surface area contributed by atoms with E-state index >= 15 is 0 Å². The number of rotatable bonds is 1. The molecule has 0 aliphatic carbocycles. The van der Waals surface area contributed by atoms with Gasteiger partial charge in [0.05, 0.1) is 0 Å². The van der Waals surface area contributed by atoms with Crippen LogP contribution in [0.2, 0.25) is 0 Å². The van der Waals surface area contributed by atoms with Crippen molar-refractivity contribution in [2.75, 3.05) is 0 Å². The van der Waals surface area contributed by atoms with Gasteiger partial charge in [-0.05, 0) is 12.9 Å². The summed E-state index contributed by atoms with van der Waals surface area (Å²) in [4.78, 5) is 20.6. The molecule has 4 N–H and O–H groups in total. The Hall–Kier alpha value is 1.29. The molecule has 0 unspecified atom stereocenters. The zero-order valence-electron chi connectivity index (χ0n) is 8.06. The topological polar surface area (TPSA) is 126 Å². The summed E-state index contributed by atoms with van der Waals surface area (Å²) in [6.07, 6.45) is 0. The van der Waals surface area contributed by atoms with Crippen molar-refractivity contribution in [3.05, 3.63) is 30.3 Å². The maximum Gasteiger partial charge on any atom is 1.00 e. The molecule has 14 heavy (non-hydrogen) atoms. The van der Waals surface area contributed by atoms with E-state index in [1.807, 2.05) is 0 Å². The van der Waals surface area contributed by atoms with Crippen LogP contribution in [0.15, 0.2) is 30.3 Å². The maximum absolute atomic E-state index is 10.3. The van der Waals surface area contributed by atoms with Crippen LogP contribution in [0, 0.1) is 0 Å². The fourth-order valence-corrected chi connectivity index (χ4v) is 1.15. The molecular weight excluding hydrogens is 229 g/mol. The first-order chi connectivity index (χ1) is 4.61. The van der Waals surface area contributed by atoms with Crippen molar-refractivity contribution in [1.29, 1.82) is 0 Å². The van der Waals surface area contributed by atoms with E-state index < -0.39 is 7.60 Å². The SMILES string of the molecule is O.O.O=P([O-])([O-])c1ccccc1.[Na+].[Na+]. The first kappa shape index (κ1) is 24.5. The van der Waals surface area contributed by atoms with Crippen LogP contribution in [0.1, 0.15) is 0 Å². The summed E-state index contributed by atoms with van der Waals surface area (Å²) in [5.41, 5.74) is 0. The van der Waals surface area contributed by atoms with Crippen molar-refractivity contribution in [1.82, 2.24) is 0 Å². The molecule has 0 amide bonds. The van der Waals surface area contributed by atoms with Gasteiger partial charge in [-0.3, -0.25) is 0 Å². The molecule has 0 bridgehead atoms. The minimum absolute atomic E-state index is 0. The van der Waals surface area contributed by atoms with Crippen LogP contribution in [0.4, 0.5) is 0 Å². The second kappa shape index (κ2) is 10.8. The van der Waals surface area contributed by atoms with Crippen LogP contribution in [0.5, 0.6) is 0 Å². The zero-order chi connectivity index (χ0) is 7.61. The summed E-state index contributed by atoms with van der Waals surface area (Å²) in [6, 6.07) is 7.23. The van der Waals surface area contributed by atoms with E-state index in [1.54, 1.807) is 6.07 Å². The third-order valence-corrected chi connectivity index (χ3v) is 2.00. The second-order valence-electron chi connectivity index (χ2n) is 1.83. The summed E-state index contributed by atoms with van der Waals surface area (Å²) >= 11 is 0. The molecule has 0 saturated carbocycles. The molecule has 0 radical (unpaired) electrons. The van der Waals surface area contributed by atoms with Gasteiger partial charge in [0, 0.05) is 0 Å². The van der Waals surface area contributed by atoms with Crippen molar-refractivity contribution >= 4 is 12.9 Å². The van der Waals surface area contributed by atoms with E-state index in [1.165, 1.54) is 24.3 Å². The molecule has 70 valence electrons.